The van der Waals surface area contributed by atoms with E-state index in [1.165, 1.54) is 0 Å². The second-order valence-corrected chi connectivity index (χ2v) is 5.03. The van der Waals surface area contributed by atoms with Crippen LogP contribution in [0.4, 0.5) is 0 Å². The van der Waals surface area contributed by atoms with Crippen molar-refractivity contribution in [2.45, 2.75) is 52.7 Å². The molecule has 0 radical (unpaired) electrons. The molecular weight excluding hydrogens is 192 g/mol. The molecule has 0 aromatic carbocycles. The molecule has 0 spiro atoms. The normalized spacial score (nSPS) is 15.9. The second kappa shape index (κ2) is 6.08. The van der Waals surface area contributed by atoms with Gasteiger partial charge in [0.1, 0.15) is 0 Å². The average Bonchev–Trinajstić information content (AvgIpc) is 2.12. The number of amides is 1. The van der Waals surface area contributed by atoms with Crippen LogP contribution in [0.25, 0.3) is 0 Å². The predicted molar refractivity (Wildman–Crippen MR) is 61.4 cm³/mol. The molecule has 0 aliphatic carbocycles. The van der Waals surface area contributed by atoms with Gasteiger partial charge in [-0.1, -0.05) is 34.1 Å². The van der Waals surface area contributed by atoms with Crippen molar-refractivity contribution in [1.29, 1.82) is 0 Å². The maximum Gasteiger partial charge on any atom is 0.237 e. The first-order valence-electron chi connectivity index (χ1n) is 5.50. The van der Waals surface area contributed by atoms with Crippen molar-refractivity contribution >= 4 is 5.91 Å². The molecular formula is C11H24N2O2. The number of hydrogen-bond acceptors (Lipinski definition) is 3. The third-order valence-electron chi connectivity index (χ3n) is 2.35. The van der Waals surface area contributed by atoms with Crippen LogP contribution in [0.3, 0.4) is 0 Å². The summed E-state index contributed by atoms with van der Waals surface area (Å²) in [5, 5.41) is 12.1. The smallest absolute Gasteiger partial charge is 0.237 e. The molecule has 0 aliphatic rings. The van der Waals surface area contributed by atoms with Gasteiger partial charge in [0.15, 0.2) is 0 Å². The summed E-state index contributed by atoms with van der Waals surface area (Å²) in [5.41, 5.74) is 5.51. The van der Waals surface area contributed by atoms with Crippen molar-refractivity contribution in [1.82, 2.24) is 5.32 Å². The Kier molecular flexibility index (Phi) is 5.83. The minimum Gasteiger partial charge on any atom is -0.391 e. The number of nitrogens with two attached hydrogens (primary N) is 1. The first-order valence-corrected chi connectivity index (χ1v) is 5.50. The van der Waals surface area contributed by atoms with Crippen LogP contribution in [0, 0.1) is 5.41 Å². The SMILES string of the molecule is CCCC(O)CNC(=O)[C@@H](N)C(C)(C)C. The highest BCUT2D eigenvalue weighted by molar-refractivity contribution is 5.82. The maximum absolute atomic E-state index is 11.6. The predicted octanol–water partition coefficient (Wildman–Crippen LogP) is 0.637. The lowest BCUT2D eigenvalue weighted by Gasteiger charge is -2.26. The van der Waals surface area contributed by atoms with Gasteiger partial charge in [0.05, 0.1) is 12.1 Å². The van der Waals surface area contributed by atoms with Gasteiger partial charge in [0.2, 0.25) is 5.91 Å². The lowest BCUT2D eigenvalue weighted by atomic mass is 9.87. The number of hydrogen-bond donors (Lipinski definition) is 3. The van der Waals surface area contributed by atoms with E-state index in [0.29, 0.717) is 6.42 Å². The summed E-state index contributed by atoms with van der Waals surface area (Å²) in [6.07, 6.45) is 1.14. The Hall–Kier alpha value is -0.610. The fourth-order valence-electron chi connectivity index (χ4n) is 1.16. The van der Waals surface area contributed by atoms with Crippen molar-refractivity contribution in [3.63, 3.8) is 0 Å². The van der Waals surface area contributed by atoms with Gasteiger partial charge in [-0.15, -0.1) is 0 Å². The van der Waals surface area contributed by atoms with Crippen molar-refractivity contribution in [3.05, 3.63) is 0 Å². The molecule has 0 rings (SSSR count). The lowest BCUT2D eigenvalue weighted by molar-refractivity contribution is -0.125. The fraction of sp³-hybridized carbons (Fsp3) is 0.909. The van der Waals surface area contributed by atoms with Crippen molar-refractivity contribution in [2.75, 3.05) is 6.54 Å². The van der Waals surface area contributed by atoms with Gasteiger partial charge in [0.25, 0.3) is 0 Å². The highest BCUT2D eigenvalue weighted by Crippen LogP contribution is 2.17. The van der Waals surface area contributed by atoms with E-state index in [4.69, 9.17) is 5.73 Å². The molecule has 0 aromatic rings. The fourth-order valence-corrected chi connectivity index (χ4v) is 1.16. The van der Waals surface area contributed by atoms with Gasteiger partial charge in [-0.3, -0.25) is 4.79 Å². The molecule has 0 fully saturated rings. The molecule has 2 atom stereocenters. The standard InChI is InChI=1S/C11H24N2O2/c1-5-6-8(14)7-13-10(15)9(12)11(2,3)4/h8-9,14H,5-7,12H2,1-4H3,(H,13,15)/t8?,9-/m1/s1. The molecule has 15 heavy (non-hydrogen) atoms. The Bertz CT molecular complexity index is 199. The zero-order chi connectivity index (χ0) is 12.1. The zero-order valence-electron chi connectivity index (χ0n) is 10.2. The van der Waals surface area contributed by atoms with Crippen LogP contribution in [0.15, 0.2) is 0 Å². The maximum atomic E-state index is 11.6. The van der Waals surface area contributed by atoms with E-state index in [0.717, 1.165) is 6.42 Å². The van der Waals surface area contributed by atoms with Gasteiger partial charge < -0.3 is 16.2 Å². The molecule has 0 aliphatic heterocycles. The molecule has 1 amide bonds. The summed E-state index contributed by atoms with van der Waals surface area (Å²) in [7, 11) is 0. The molecule has 4 heteroatoms. The van der Waals surface area contributed by atoms with Crippen LogP contribution >= 0.6 is 0 Å². The summed E-state index contributed by atoms with van der Waals surface area (Å²) < 4.78 is 0. The highest BCUT2D eigenvalue weighted by Gasteiger charge is 2.27. The monoisotopic (exact) mass is 216 g/mol. The van der Waals surface area contributed by atoms with Crippen LogP contribution in [-0.2, 0) is 4.79 Å². The third kappa shape index (κ3) is 5.74. The molecule has 4 nitrogen and oxygen atoms in total. The van der Waals surface area contributed by atoms with Crippen LogP contribution in [0.5, 0.6) is 0 Å². The summed E-state index contributed by atoms with van der Waals surface area (Å²) in [5.74, 6) is -0.197. The molecule has 1 unspecified atom stereocenters. The number of aliphatic hydroxyl groups excluding tert-OH is 1. The average molecular weight is 216 g/mol. The summed E-state index contributed by atoms with van der Waals surface area (Å²) in [6, 6.07) is -0.536. The van der Waals surface area contributed by atoms with Crippen molar-refractivity contribution in [2.24, 2.45) is 11.1 Å². The van der Waals surface area contributed by atoms with E-state index in [2.05, 4.69) is 5.32 Å². The molecule has 90 valence electrons. The Labute approximate surface area is 92.2 Å². The van der Waals surface area contributed by atoms with E-state index in [-0.39, 0.29) is 17.9 Å². The topological polar surface area (TPSA) is 75.3 Å². The molecule has 0 aromatic heterocycles. The quantitative estimate of drug-likeness (QED) is 0.631. The lowest BCUT2D eigenvalue weighted by Crippen LogP contribution is -2.50. The molecule has 0 heterocycles. The number of aliphatic hydroxyl groups is 1. The molecule has 0 saturated carbocycles. The summed E-state index contributed by atoms with van der Waals surface area (Å²) >= 11 is 0. The zero-order valence-corrected chi connectivity index (χ0v) is 10.2. The van der Waals surface area contributed by atoms with Crippen LogP contribution in [-0.4, -0.2) is 29.7 Å². The largest absolute Gasteiger partial charge is 0.391 e. The highest BCUT2D eigenvalue weighted by atomic mass is 16.3. The van der Waals surface area contributed by atoms with E-state index in [1.54, 1.807) is 0 Å². The van der Waals surface area contributed by atoms with E-state index in [9.17, 15) is 9.90 Å². The van der Waals surface area contributed by atoms with E-state index >= 15 is 0 Å². The van der Waals surface area contributed by atoms with Gasteiger partial charge in [-0.2, -0.15) is 0 Å². The van der Waals surface area contributed by atoms with Gasteiger partial charge in [-0.25, -0.2) is 0 Å². The van der Waals surface area contributed by atoms with Gasteiger partial charge in [0, 0.05) is 6.54 Å². The minimum atomic E-state index is -0.536. The Morgan fingerprint density at radius 2 is 2.00 bits per heavy atom. The Morgan fingerprint density at radius 1 is 1.47 bits per heavy atom. The third-order valence-corrected chi connectivity index (χ3v) is 2.35. The van der Waals surface area contributed by atoms with E-state index < -0.39 is 12.1 Å². The molecule has 0 saturated heterocycles. The van der Waals surface area contributed by atoms with Gasteiger partial charge in [-0.05, 0) is 11.8 Å². The summed E-state index contributed by atoms with van der Waals surface area (Å²) in [4.78, 5) is 11.6. The first kappa shape index (κ1) is 14.4. The molecule has 4 N–H and O–H groups in total. The number of rotatable bonds is 5. The molecule has 0 bridgehead atoms. The van der Waals surface area contributed by atoms with E-state index in [1.807, 2.05) is 27.7 Å². The van der Waals surface area contributed by atoms with Crippen LogP contribution in [0.2, 0.25) is 0 Å². The van der Waals surface area contributed by atoms with Crippen LogP contribution < -0.4 is 11.1 Å². The number of carbonyl (C=O) groups excluding carboxylic acids is 1. The second-order valence-electron chi connectivity index (χ2n) is 5.03. The Morgan fingerprint density at radius 3 is 2.40 bits per heavy atom. The Balaban J connectivity index is 3.94. The van der Waals surface area contributed by atoms with Crippen molar-refractivity contribution < 1.29 is 9.90 Å². The minimum absolute atomic E-state index is 0.197. The van der Waals surface area contributed by atoms with Gasteiger partial charge >= 0.3 is 0 Å². The first-order chi connectivity index (χ1) is 6.79. The number of carbonyl (C=O) groups is 1. The van der Waals surface area contributed by atoms with Crippen molar-refractivity contribution in [3.8, 4) is 0 Å². The number of nitrogens with one attached hydrogen (secondary N) is 1. The summed E-state index contributed by atoms with van der Waals surface area (Å²) in [6.45, 7) is 8.03. The van der Waals surface area contributed by atoms with Crippen LogP contribution in [0.1, 0.15) is 40.5 Å².